The summed E-state index contributed by atoms with van der Waals surface area (Å²) < 4.78 is 13.3. The van der Waals surface area contributed by atoms with Crippen LogP contribution < -0.4 is 10.1 Å². The lowest BCUT2D eigenvalue weighted by atomic mass is 10.1. The number of carbonyl (C=O) groups is 2. The number of amides is 1. The Morgan fingerprint density at radius 2 is 1.94 bits per heavy atom. The standard InChI is InChI=1S/C26H30N2O5S2/c1-18-22(27-25(33-18)20-6-4-3-5-7-20)13-15-32-21-10-8-19(9-11-21)16-23(35-17-34)26(31)28(2)14-12-24(29)30/h3-11,17,23,25,27H,12-16H2,1-2H3,(H,29,30). The van der Waals surface area contributed by atoms with Gasteiger partial charge in [0.1, 0.15) is 11.5 Å². The van der Waals surface area contributed by atoms with Gasteiger partial charge >= 0.3 is 5.97 Å². The predicted octanol–water partition coefficient (Wildman–Crippen LogP) is 4.54. The van der Waals surface area contributed by atoms with Crippen LogP contribution in [0.15, 0.2) is 66.1 Å². The summed E-state index contributed by atoms with van der Waals surface area (Å²) in [4.78, 5) is 25.0. The van der Waals surface area contributed by atoms with E-state index in [9.17, 15) is 9.59 Å². The largest absolute Gasteiger partial charge is 0.493 e. The molecule has 9 heteroatoms. The van der Waals surface area contributed by atoms with Crippen LogP contribution in [0.5, 0.6) is 5.75 Å². The molecule has 0 spiro atoms. The quantitative estimate of drug-likeness (QED) is 0.377. The lowest BCUT2D eigenvalue weighted by molar-refractivity contribution is -0.138. The van der Waals surface area contributed by atoms with Crippen molar-refractivity contribution in [3.63, 3.8) is 0 Å². The summed E-state index contributed by atoms with van der Waals surface area (Å²) in [7, 11) is 1.61. The third kappa shape index (κ3) is 8.00. The van der Waals surface area contributed by atoms with Crippen LogP contribution in [0.1, 0.15) is 37.1 Å². The lowest BCUT2D eigenvalue weighted by Crippen LogP contribution is -2.37. The highest BCUT2D eigenvalue weighted by molar-refractivity contribution is 8.21. The highest BCUT2D eigenvalue weighted by Crippen LogP contribution is 2.28. The smallest absolute Gasteiger partial charge is 0.305 e. The molecule has 0 saturated heterocycles. The summed E-state index contributed by atoms with van der Waals surface area (Å²) in [6, 6.07) is 17.7. The van der Waals surface area contributed by atoms with Crippen LogP contribution in [0.3, 0.4) is 0 Å². The van der Waals surface area contributed by atoms with Gasteiger partial charge < -0.3 is 24.8 Å². The molecule has 3 rings (SSSR count). The third-order valence-electron chi connectivity index (χ3n) is 5.63. The van der Waals surface area contributed by atoms with Crippen LogP contribution in [0.4, 0.5) is 0 Å². The molecular formula is C26H30N2O5S2. The number of carbonyl (C=O) groups excluding carboxylic acids is 1. The monoisotopic (exact) mass is 514 g/mol. The number of benzene rings is 2. The van der Waals surface area contributed by atoms with Gasteiger partial charge in [0.25, 0.3) is 0 Å². The van der Waals surface area contributed by atoms with Crippen LogP contribution in [0.25, 0.3) is 0 Å². The molecule has 186 valence electrons. The summed E-state index contributed by atoms with van der Waals surface area (Å²) in [5.41, 5.74) is 3.08. The maximum absolute atomic E-state index is 12.7. The second-order valence-corrected chi connectivity index (χ2v) is 9.77. The Morgan fingerprint density at radius 3 is 2.60 bits per heavy atom. The van der Waals surface area contributed by atoms with E-state index in [-0.39, 0.29) is 25.1 Å². The van der Waals surface area contributed by atoms with E-state index >= 15 is 0 Å². The first kappa shape index (κ1) is 26.6. The predicted molar refractivity (Wildman–Crippen MR) is 141 cm³/mol. The molecule has 0 saturated carbocycles. The molecule has 1 heterocycles. The molecule has 0 bridgehead atoms. The molecular weight excluding hydrogens is 484 g/mol. The van der Waals surface area contributed by atoms with E-state index in [1.165, 1.54) is 21.4 Å². The molecule has 2 aromatic rings. The van der Waals surface area contributed by atoms with Gasteiger partial charge in [-0.05, 0) is 31.0 Å². The van der Waals surface area contributed by atoms with Crippen molar-refractivity contribution in [2.45, 2.75) is 37.7 Å². The molecule has 2 aromatic carbocycles. The molecule has 0 aromatic heterocycles. The first-order valence-electron chi connectivity index (χ1n) is 11.3. The fourth-order valence-corrected chi connectivity index (χ4v) is 4.77. The zero-order chi connectivity index (χ0) is 25.2. The van der Waals surface area contributed by atoms with Crippen molar-refractivity contribution in [3.8, 4) is 5.75 Å². The topological polar surface area (TPSA) is 88.1 Å². The Morgan fingerprint density at radius 1 is 1.23 bits per heavy atom. The highest BCUT2D eigenvalue weighted by Gasteiger charge is 2.24. The van der Waals surface area contributed by atoms with Crippen molar-refractivity contribution < 1.29 is 24.2 Å². The van der Waals surface area contributed by atoms with Crippen LogP contribution in [-0.2, 0) is 20.7 Å². The number of nitrogens with zero attached hydrogens (tertiary/aromatic N) is 1. The maximum Gasteiger partial charge on any atom is 0.305 e. The van der Waals surface area contributed by atoms with Crippen LogP contribution in [0.2, 0.25) is 0 Å². The summed E-state index contributed by atoms with van der Waals surface area (Å²) in [5.74, 6) is 0.548. The Bertz CT molecular complexity index is 1040. The third-order valence-corrected chi connectivity index (χ3v) is 6.77. The number of aliphatic carboxylic acids is 1. The number of carboxylic acid groups (broad SMARTS) is 1. The van der Waals surface area contributed by atoms with E-state index in [1.807, 2.05) is 61.5 Å². The lowest BCUT2D eigenvalue weighted by Gasteiger charge is -2.22. The zero-order valence-corrected chi connectivity index (χ0v) is 21.4. The zero-order valence-electron chi connectivity index (χ0n) is 19.8. The number of carboxylic acids is 1. The average Bonchev–Trinajstić information content (AvgIpc) is 3.23. The number of nitrogens with one attached hydrogen (secondary N) is 1. The van der Waals surface area contributed by atoms with E-state index in [1.54, 1.807) is 7.05 Å². The molecule has 0 aliphatic carbocycles. The molecule has 1 amide bonds. The molecule has 2 atom stereocenters. The van der Waals surface area contributed by atoms with E-state index in [0.29, 0.717) is 19.4 Å². The number of hydrogen-bond donors (Lipinski definition) is 2. The van der Waals surface area contributed by atoms with Crippen LogP contribution in [0, 0.1) is 0 Å². The van der Waals surface area contributed by atoms with Gasteiger partial charge in [-0.2, -0.15) is 0 Å². The number of thiocarbonyl (C=S) groups is 1. The first-order valence-corrected chi connectivity index (χ1v) is 12.7. The molecule has 35 heavy (non-hydrogen) atoms. The van der Waals surface area contributed by atoms with Gasteiger partial charge in [-0.3, -0.25) is 9.59 Å². The van der Waals surface area contributed by atoms with E-state index in [2.05, 4.69) is 5.32 Å². The van der Waals surface area contributed by atoms with Gasteiger partial charge in [-0.1, -0.05) is 54.7 Å². The minimum Gasteiger partial charge on any atom is -0.493 e. The van der Waals surface area contributed by atoms with E-state index in [0.717, 1.165) is 28.3 Å². The molecule has 1 aliphatic rings. The molecule has 0 fully saturated rings. The van der Waals surface area contributed by atoms with Crippen molar-refractivity contribution in [3.05, 3.63) is 77.2 Å². The Hall–Kier alpha value is -3.04. The van der Waals surface area contributed by atoms with Gasteiger partial charge in [0.05, 0.1) is 24.0 Å². The average molecular weight is 515 g/mol. The Balaban J connectivity index is 1.48. The van der Waals surface area contributed by atoms with Gasteiger partial charge in [-0.15, -0.1) is 11.8 Å². The molecule has 1 aliphatic heterocycles. The molecule has 2 unspecified atom stereocenters. The number of allylic oxidation sites excluding steroid dienone is 1. The summed E-state index contributed by atoms with van der Waals surface area (Å²) in [6.07, 6.45) is 0.924. The van der Waals surface area contributed by atoms with Crippen molar-refractivity contribution in [2.24, 2.45) is 0 Å². The van der Waals surface area contributed by atoms with Crippen molar-refractivity contribution in [1.82, 2.24) is 10.2 Å². The highest BCUT2D eigenvalue weighted by atomic mass is 32.2. The normalized spacial score (nSPS) is 15.7. The SMILES string of the molecule is CC1=C(CCOc2ccc(CC(SC=S)C(=O)N(C)CCC(=O)O)cc2)NC(c2ccccc2)O1. The van der Waals surface area contributed by atoms with Crippen molar-refractivity contribution >= 4 is 40.6 Å². The van der Waals surface area contributed by atoms with Crippen molar-refractivity contribution in [1.29, 1.82) is 0 Å². The van der Waals surface area contributed by atoms with Gasteiger partial charge in [0.15, 0.2) is 6.23 Å². The van der Waals surface area contributed by atoms with E-state index in [4.69, 9.17) is 26.8 Å². The van der Waals surface area contributed by atoms with Crippen LogP contribution >= 0.6 is 24.0 Å². The number of hydrogen-bond acceptors (Lipinski definition) is 7. The summed E-state index contributed by atoms with van der Waals surface area (Å²) >= 11 is 6.22. The first-order chi connectivity index (χ1) is 16.9. The maximum atomic E-state index is 12.7. The minimum absolute atomic E-state index is 0.0891. The molecule has 0 radical (unpaired) electrons. The second kappa shape index (κ2) is 13.2. The fraction of sp³-hybridized carbons (Fsp3) is 0.346. The Kier molecular flexibility index (Phi) is 9.98. The summed E-state index contributed by atoms with van der Waals surface area (Å²) in [5, 5.41) is 11.9. The number of thioether (sulfide) groups is 1. The van der Waals surface area contributed by atoms with Gasteiger partial charge in [0.2, 0.25) is 5.91 Å². The number of ether oxygens (including phenoxy) is 2. The minimum atomic E-state index is -0.932. The van der Waals surface area contributed by atoms with Crippen LogP contribution in [-0.4, -0.2) is 52.0 Å². The molecule has 7 nitrogen and oxygen atoms in total. The van der Waals surface area contributed by atoms with Crippen molar-refractivity contribution in [2.75, 3.05) is 20.2 Å². The summed E-state index contributed by atoms with van der Waals surface area (Å²) in [6.45, 7) is 2.62. The van der Waals surface area contributed by atoms with Gasteiger partial charge in [-0.25, -0.2) is 0 Å². The number of rotatable bonds is 13. The fourth-order valence-electron chi connectivity index (χ4n) is 3.65. The Labute approximate surface area is 215 Å². The molecule has 2 N–H and O–H groups in total. The second-order valence-electron chi connectivity index (χ2n) is 8.16. The van der Waals surface area contributed by atoms with Gasteiger partial charge in [0, 0.05) is 30.3 Å². The van der Waals surface area contributed by atoms with E-state index < -0.39 is 11.2 Å².